The number of amides is 2. The van der Waals surface area contributed by atoms with Crippen LogP contribution < -0.4 is 15.4 Å². The third-order valence-corrected chi connectivity index (χ3v) is 2.90. The Morgan fingerprint density at radius 2 is 1.78 bits per heavy atom. The van der Waals surface area contributed by atoms with Crippen molar-refractivity contribution in [2.75, 3.05) is 19.7 Å². The summed E-state index contributed by atoms with van der Waals surface area (Å²) in [5.41, 5.74) is -0.557. The Morgan fingerprint density at radius 1 is 1.13 bits per heavy atom. The zero-order chi connectivity index (χ0) is 17.5. The lowest BCUT2D eigenvalue weighted by Crippen LogP contribution is -2.39. The molecular formula is C15H20Cl2N2O4. The van der Waals surface area contributed by atoms with Crippen molar-refractivity contribution in [1.29, 1.82) is 0 Å². The van der Waals surface area contributed by atoms with Crippen molar-refractivity contribution in [2.24, 2.45) is 0 Å². The smallest absolute Gasteiger partial charge is 0.407 e. The van der Waals surface area contributed by atoms with Gasteiger partial charge in [-0.1, -0.05) is 23.2 Å². The Hall–Kier alpha value is -1.66. The quantitative estimate of drug-likeness (QED) is 0.762. The van der Waals surface area contributed by atoms with Crippen LogP contribution in [0, 0.1) is 0 Å². The van der Waals surface area contributed by atoms with Crippen LogP contribution >= 0.6 is 23.2 Å². The lowest BCUT2D eigenvalue weighted by Gasteiger charge is -2.19. The molecule has 8 heteroatoms. The van der Waals surface area contributed by atoms with Gasteiger partial charge in [0.05, 0.1) is 5.02 Å². The SMILES string of the molecule is CC(C)(C)OC(=O)NCCNC(=O)COc1ccc(Cl)cc1Cl. The van der Waals surface area contributed by atoms with Gasteiger partial charge < -0.3 is 20.1 Å². The second kappa shape index (κ2) is 8.84. The second-order valence-corrected chi connectivity index (χ2v) is 6.49. The van der Waals surface area contributed by atoms with E-state index in [1.165, 1.54) is 6.07 Å². The molecule has 0 fully saturated rings. The van der Waals surface area contributed by atoms with E-state index in [9.17, 15) is 9.59 Å². The van der Waals surface area contributed by atoms with E-state index in [2.05, 4.69) is 10.6 Å². The third kappa shape index (κ3) is 8.52. The number of benzene rings is 1. The van der Waals surface area contributed by atoms with E-state index in [0.717, 1.165) is 0 Å². The first-order chi connectivity index (χ1) is 10.7. The highest BCUT2D eigenvalue weighted by Gasteiger charge is 2.15. The maximum absolute atomic E-state index is 11.6. The summed E-state index contributed by atoms with van der Waals surface area (Å²) in [7, 11) is 0. The molecule has 2 N–H and O–H groups in total. The highest BCUT2D eigenvalue weighted by molar-refractivity contribution is 6.35. The van der Waals surface area contributed by atoms with Gasteiger partial charge in [-0.25, -0.2) is 4.79 Å². The molecule has 6 nitrogen and oxygen atoms in total. The summed E-state index contributed by atoms with van der Waals surface area (Å²) >= 11 is 11.7. The van der Waals surface area contributed by atoms with Crippen molar-refractivity contribution in [1.82, 2.24) is 10.6 Å². The second-order valence-electron chi connectivity index (χ2n) is 5.64. The minimum absolute atomic E-state index is 0.187. The van der Waals surface area contributed by atoms with Gasteiger partial charge in [0.15, 0.2) is 6.61 Å². The fraction of sp³-hybridized carbons (Fsp3) is 0.467. The Balaban J connectivity index is 2.21. The van der Waals surface area contributed by atoms with E-state index in [0.29, 0.717) is 15.8 Å². The van der Waals surface area contributed by atoms with Crippen LogP contribution in [0.2, 0.25) is 10.0 Å². The number of carbonyl (C=O) groups is 2. The first kappa shape index (κ1) is 19.4. The number of carbonyl (C=O) groups excluding carboxylic acids is 2. The largest absolute Gasteiger partial charge is 0.482 e. The summed E-state index contributed by atoms with van der Waals surface area (Å²) in [5, 5.41) is 5.95. The Labute approximate surface area is 145 Å². The van der Waals surface area contributed by atoms with Gasteiger partial charge in [-0.05, 0) is 39.0 Å². The molecule has 0 aromatic heterocycles. The topological polar surface area (TPSA) is 76.7 Å². The van der Waals surface area contributed by atoms with Gasteiger partial charge in [0.25, 0.3) is 5.91 Å². The first-order valence-electron chi connectivity index (χ1n) is 6.99. The molecule has 2 amide bonds. The molecule has 0 aliphatic rings. The van der Waals surface area contributed by atoms with Gasteiger partial charge in [0, 0.05) is 18.1 Å². The fourth-order valence-electron chi connectivity index (χ4n) is 1.47. The zero-order valence-corrected chi connectivity index (χ0v) is 14.8. The normalized spacial score (nSPS) is 10.8. The van der Waals surface area contributed by atoms with E-state index in [1.807, 2.05) is 0 Å². The summed E-state index contributed by atoms with van der Waals surface area (Å²) in [4.78, 5) is 23.0. The number of halogens is 2. The van der Waals surface area contributed by atoms with Crippen molar-refractivity contribution in [3.05, 3.63) is 28.2 Å². The van der Waals surface area contributed by atoms with Crippen LogP contribution in [0.1, 0.15) is 20.8 Å². The van der Waals surface area contributed by atoms with Crippen LogP contribution in [-0.4, -0.2) is 37.3 Å². The molecule has 0 bridgehead atoms. The maximum atomic E-state index is 11.6. The number of hydrogen-bond donors (Lipinski definition) is 2. The zero-order valence-electron chi connectivity index (χ0n) is 13.2. The van der Waals surface area contributed by atoms with Crippen molar-refractivity contribution in [3.8, 4) is 5.75 Å². The standard InChI is InChI=1S/C15H20Cl2N2O4/c1-15(2,3)23-14(21)19-7-6-18-13(20)9-22-12-5-4-10(16)8-11(12)17/h4-5,8H,6-7,9H2,1-3H3,(H,18,20)(H,19,21). The predicted molar refractivity (Wildman–Crippen MR) is 89.2 cm³/mol. The minimum atomic E-state index is -0.557. The molecular weight excluding hydrogens is 343 g/mol. The minimum Gasteiger partial charge on any atom is -0.482 e. The van der Waals surface area contributed by atoms with E-state index in [-0.39, 0.29) is 25.6 Å². The number of ether oxygens (including phenoxy) is 2. The molecule has 0 aliphatic carbocycles. The summed E-state index contributed by atoms with van der Waals surface area (Å²) in [6, 6.07) is 4.73. The fourth-order valence-corrected chi connectivity index (χ4v) is 1.93. The summed E-state index contributed by atoms with van der Waals surface area (Å²) in [6.07, 6.45) is -0.532. The molecule has 23 heavy (non-hydrogen) atoms. The van der Waals surface area contributed by atoms with E-state index >= 15 is 0 Å². The highest BCUT2D eigenvalue weighted by atomic mass is 35.5. The first-order valence-corrected chi connectivity index (χ1v) is 7.74. The number of hydrogen-bond acceptors (Lipinski definition) is 4. The van der Waals surface area contributed by atoms with Gasteiger partial charge in [-0.15, -0.1) is 0 Å². The molecule has 0 heterocycles. The molecule has 0 saturated carbocycles. The van der Waals surface area contributed by atoms with Crippen molar-refractivity contribution >= 4 is 35.2 Å². The average Bonchev–Trinajstić information content (AvgIpc) is 2.40. The molecule has 0 spiro atoms. The molecule has 0 unspecified atom stereocenters. The van der Waals surface area contributed by atoms with Gasteiger partial charge >= 0.3 is 6.09 Å². The highest BCUT2D eigenvalue weighted by Crippen LogP contribution is 2.27. The van der Waals surface area contributed by atoms with Crippen LogP contribution in [0.4, 0.5) is 4.79 Å². The maximum Gasteiger partial charge on any atom is 0.407 e. The van der Waals surface area contributed by atoms with Crippen LogP contribution in [0.3, 0.4) is 0 Å². The molecule has 0 saturated heterocycles. The molecule has 128 valence electrons. The van der Waals surface area contributed by atoms with E-state index in [1.54, 1.807) is 32.9 Å². The van der Waals surface area contributed by atoms with E-state index in [4.69, 9.17) is 32.7 Å². The van der Waals surface area contributed by atoms with Crippen molar-refractivity contribution < 1.29 is 19.1 Å². The number of alkyl carbamates (subject to hydrolysis) is 1. The Bertz CT molecular complexity index is 559. The molecule has 1 aromatic carbocycles. The van der Waals surface area contributed by atoms with Gasteiger partial charge in [-0.2, -0.15) is 0 Å². The van der Waals surface area contributed by atoms with Gasteiger partial charge in [0.2, 0.25) is 0 Å². The van der Waals surface area contributed by atoms with Crippen LogP contribution in [0.15, 0.2) is 18.2 Å². The molecule has 1 aromatic rings. The number of rotatable bonds is 6. The summed E-state index contributed by atoms with van der Waals surface area (Å²) in [6.45, 7) is 5.64. The van der Waals surface area contributed by atoms with Crippen molar-refractivity contribution in [3.63, 3.8) is 0 Å². The molecule has 1 rings (SSSR count). The summed E-state index contributed by atoms with van der Waals surface area (Å²) in [5.74, 6) is 0.0418. The van der Waals surface area contributed by atoms with Gasteiger partial charge in [0.1, 0.15) is 11.4 Å². The lowest BCUT2D eigenvalue weighted by molar-refractivity contribution is -0.123. The van der Waals surface area contributed by atoms with Crippen LogP contribution in [-0.2, 0) is 9.53 Å². The molecule has 0 aliphatic heterocycles. The third-order valence-electron chi connectivity index (χ3n) is 2.37. The monoisotopic (exact) mass is 362 g/mol. The average molecular weight is 363 g/mol. The van der Waals surface area contributed by atoms with Crippen molar-refractivity contribution in [2.45, 2.75) is 26.4 Å². The predicted octanol–water partition coefficient (Wildman–Crippen LogP) is 3.01. The van der Waals surface area contributed by atoms with Gasteiger partial charge in [-0.3, -0.25) is 4.79 Å². The summed E-state index contributed by atoms with van der Waals surface area (Å²) < 4.78 is 10.3. The lowest BCUT2D eigenvalue weighted by atomic mass is 10.2. The number of nitrogens with one attached hydrogen (secondary N) is 2. The molecule has 0 radical (unpaired) electrons. The molecule has 0 atom stereocenters. The van der Waals surface area contributed by atoms with E-state index < -0.39 is 11.7 Å². The Kier molecular flexibility index (Phi) is 7.45. The van der Waals surface area contributed by atoms with Crippen LogP contribution in [0.25, 0.3) is 0 Å². The Morgan fingerprint density at radius 3 is 2.39 bits per heavy atom. The van der Waals surface area contributed by atoms with Crippen LogP contribution in [0.5, 0.6) is 5.75 Å².